The minimum atomic E-state index is -0.289. The first-order valence-corrected chi connectivity index (χ1v) is 6.48. The number of hydrogen-bond acceptors (Lipinski definition) is 3. The summed E-state index contributed by atoms with van der Waals surface area (Å²) < 4.78 is 11.6. The smallest absolute Gasteiger partial charge is 0.134 e. The third kappa shape index (κ3) is 1.84. The molecule has 1 fully saturated rings. The maximum absolute atomic E-state index is 6.32. The summed E-state index contributed by atoms with van der Waals surface area (Å²) in [5.41, 5.74) is 8.15. The highest BCUT2D eigenvalue weighted by molar-refractivity contribution is 5.78. The maximum Gasteiger partial charge on any atom is 0.134 e. The van der Waals surface area contributed by atoms with E-state index < -0.39 is 0 Å². The van der Waals surface area contributed by atoms with Crippen LogP contribution in [0, 0.1) is 6.92 Å². The molecule has 96 valence electrons. The molecule has 18 heavy (non-hydrogen) atoms. The van der Waals surface area contributed by atoms with Crippen LogP contribution < -0.4 is 5.73 Å². The molecule has 0 radical (unpaired) electrons. The first kappa shape index (κ1) is 11.8. The van der Waals surface area contributed by atoms with E-state index in [1.807, 2.05) is 12.1 Å². The van der Waals surface area contributed by atoms with Crippen molar-refractivity contribution in [3.8, 4) is 0 Å². The van der Waals surface area contributed by atoms with E-state index in [4.69, 9.17) is 14.9 Å². The van der Waals surface area contributed by atoms with Crippen LogP contribution >= 0.6 is 0 Å². The fourth-order valence-corrected chi connectivity index (χ4v) is 2.68. The highest BCUT2D eigenvalue weighted by Crippen LogP contribution is 2.37. The number of furan rings is 1. The molecular formula is C15H19NO2. The SMILES string of the molecule is Cc1ccc2oc(C(N)C3(C)CCCO3)cc2c1. The summed E-state index contributed by atoms with van der Waals surface area (Å²) in [6.45, 7) is 4.94. The first-order chi connectivity index (χ1) is 8.58. The van der Waals surface area contributed by atoms with Crippen molar-refractivity contribution < 1.29 is 9.15 Å². The molecule has 1 aliphatic heterocycles. The predicted molar refractivity (Wildman–Crippen MR) is 71.5 cm³/mol. The fraction of sp³-hybridized carbons (Fsp3) is 0.467. The fourth-order valence-electron chi connectivity index (χ4n) is 2.68. The van der Waals surface area contributed by atoms with Crippen LogP contribution in [0.4, 0.5) is 0 Å². The van der Waals surface area contributed by atoms with Gasteiger partial charge in [-0.25, -0.2) is 0 Å². The van der Waals surface area contributed by atoms with Gasteiger partial charge in [-0.1, -0.05) is 11.6 Å². The monoisotopic (exact) mass is 245 g/mol. The molecule has 2 aromatic rings. The summed E-state index contributed by atoms with van der Waals surface area (Å²) in [7, 11) is 0. The Hall–Kier alpha value is -1.32. The molecule has 2 unspecified atom stereocenters. The van der Waals surface area contributed by atoms with Crippen molar-refractivity contribution >= 4 is 11.0 Å². The molecule has 3 nitrogen and oxygen atoms in total. The zero-order chi connectivity index (χ0) is 12.8. The average molecular weight is 245 g/mol. The predicted octanol–water partition coefficient (Wildman–Crippen LogP) is 3.31. The number of hydrogen-bond donors (Lipinski definition) is 1. The Morgan fingerprint density at radius 1 is 1.33 bits per heavy atom. The average Bonchev–Trinajstić information content (AvgIpc) is 2.94. The van der Waals surface area contributed by atoms with Crippen LogP contribution in [-0.4, -0.2) is 12.2 Å². The summed E-state index contributed by atoms with van der Waals surface area (Å²) in [5, 5.41) is 1.11. The Labute approximate surface area is 107 Å². The first-order valence-electron chi connectivity index (χ1n) is 6.48. The molecule has 0 aliphatic carbocycles. The largest absolute Gasteiger partial charge is 0.459 e. The van der Waals surface area contributed by atoms with E-state index in [0.717, 1.165) is 36.2 Å². The minimum Gasteiger partial charge on any atom is -0.459 e. The van der Waals surface area contributed by atoms with Gasteiger partial charge in [-0.15, -0.1) is 0 Å². The lowest BCUT2D eigenvalue weighted by molar-refractivity contribution is -0.00648. The summed E-state index contributed by atoms with van der Waals surface area (Å²) >= 11 is 0. The van der Waals surface area contributed by atoms with Crippen molar-refractivity contribution in [3.63, 3.8) is 0 Å². The molecule has 2 N–H and O–H groups in total. The molecule has 3 heteroatoms. The Morgan fingerprint density at radius 2 is 2.17 bits per heavy atom. The van der Waals surface area contributed by atoms with Crippen molar-refractivity contribution in [2.24, 2.45) is 5.73 Å². The van der Waals surface area contributed by atoms with Crippen molar-refractivity contribution in [2.75, 3.05) is 6.61 Å². The second kappa shape index (κ2) is 4.11. The second-order valence-corrected chi connectivity index (χ2v) is 5.43. The molecule has 1 aromatic carbocycles. The molecule has 1 saturated heterocycles. The van der Waals surface area contributed by atoms with E-state index in [2.05, 4.69) is 26.0 Å². The van der Waals surface area contributed by atoms with Gasteiger partial charge in [-0.05, 0) is 44.9 Å². The number of nitrogens with two attached hydrogens (primary N) is 1. The third-order valence-corrected chi connectivity index (χ3v) is 3.90. The second-order valence-electron chi connectivity index (χ2n) is 5.43. The lowest BCUT2D eigenvalue weighted by Gasteiger charge is -2.28. The van der Waals surface area contributed by atoms with E-state index in [1.165, 1.54) is 5.56 Å². The van der Waals surface area contributed by atoms with Gasteiger partial charge in [0.15, 0.2) is 0 Å². The van der Waals surface area contributed by atoms with Crippen LogP contribution in [0.25, 0.3) is 11.0 Å². The summed E-state index contributed by atoms with van der Waals surface area (Å²) in [4.78, 5) is 0. The van der Waals surface area contributed by atoms with Gasteiger partial charge >= 0.3 is 0 Å². The number of aryl methyl sites for hydroxylation is 1. The van der Waals surface area contributed by atoms with Crippen molar-refractivity contribution in [1.29, 1.82) is 0 Å². The van der Waals surface area contributed by atoms with E-state index in [-0.39, 0.29) is 11.6 Å². The molecule has 1 aliphatic rings. The van der Waals surface area contributed by atoms with E-state index in [9.17, 15) is 0 Å². The Morgan fingerprint density at radius 3 is 2.89 bits per heavy atom. The van der Waals surface area contributed by atoms with E-state index in [0.29, 0.717) is 0 Å². The molecule has 0 amide bonds. The Kier molecular flexibility index (Phi) is 2.68. The van der Waals surface area contributed by atoms with Gasteiger partial charge in [0.05, 0.1) is 11.6 Å². The maximum atomic E-state index is 6.32. The summed E-state index contributed by atoms with van der Waals surface area (Å²) in [5.74, 6) is 0.819. The van der Waals surface area contributed by atoms with Crippen molar-refractivity contribution in [2.45, 2.75) is 38.3 Å². The van der Waals surface area contributed by atoms with E-state index in [1.54, 1.807) is 0 Å². The van der Waals surface area contributed by atoms with Gasteiger partial charge in [0, 0.05) is 12.0 Å². The van der Waals surface area contributed by atoms with Gasteiger partial charge in [-0.2, -0.15) is 0 Å². The van der Waals surface area contributed by atoms with Gasteiger partial charge in [-0.3, -0.25) is 0 Å². The van der Waals surface area contributed by atoms with Gasteiger partial charge in [0.25, 0.3) is 0 Å². The van der Waals surface area contributed by atoms with Crippen molar-refractivity contribution in [1.82, 2.24) is 0 Å². The van der Waals surface area contributed by atoms with E-state index >= 15 is 0 Å². The number of ether oxygens (including phenoxy) is 1. The van der Waals surface area contributed by atoms with Gasteiger partial charge < -0.3 is 14.9 Å². The number of benzene rings is 1. The zero-order valence-corrected chi connectivity index (χ0v) is 10.9. The lowest BCUT2D eigenvalue weighted by atomic mass is 9.92. The minimum absolute atomic E-state index is 0.201. The normalized spacial score (nSPS) is 25.7. The zero-order valence-electron chi connectivity index (χ0n) is 10.9. The number of rotatable bonds is 2. The highest BCUT2D eigenvalue weighted by atomic mass is 16.5. The number of fused-ring (bicyclic) bond motifs is 1. The molecule has 0 spiro atoms. The molecule has 1 aromatic heterocycles. The van der Waals surface area contributed by atoms with Crippen molar-refractivity contribution in [3.05, 3.63) is 35.6 Å². The summed E-state index contributed by atoms with van der Waals surface area (Å²) in [6.07, 6.45) is 2.06. The van der Waals surface area contributed by atoms with Crippen LogP contribution in [0.15, 0.2) is 28.7 Å². The molecular weight excluding hydrogens is 226 g/mol. The van der Waals surface area contributed by atoms with Crippen LogP contribution in [0.2, 0.25) is 0 Å². The van der Waals surface area contributed by atoms with Gasteiger partial charge in [0.1, 0.15) is 11.3 Å². The highest BCUT2D eigenvalue weighted by Gasteiger charge is 2.38. The molecule has 2 atom stereocenters. The quantitative estimate of drug-likeness (QED) is 0.883. The molecule has 3 rings (SSSR count). The Bertz CT molecular complexity index is 567. The molecule has 2 heterocycles. The standard InChI is InChI=1S/C15H19NO2/c1-10-4-5-12-11(8-10)9-13(18-12)14(16)15(2)6-3-7-17-15/h4-5,8-9,14H,3,6-7,16H2,1-2H3. The van der Waals surface area contributed by atoms with Gasteiger partial charge in [0.2, 0.25) is 0 Å². The summed E-state index contributed by atoms with van der Waals surface area (Å²) in [6, 6.07) is 8.01. The topological polar surface area (TPSA) is 48.4 Å². The third-order valence-electron chi connectivity index (χ3n) is 3.90. The lowest BCUT2D eigenvalue weighted by Crippen LogP contribution is -2.37. The Balaban J connectivity index is 1.98. The molecule has 0 bridgehead atoms. The van der Waals surface area contributed by atoms with Crippen LogP contribution in [0.5, 0.6) is 0 Å². The van der Waals surface area contributed by atoms with Crippen LogP contribution in [-0.2, 0) is 4.74 Å². The van der Waals surface area contributed by atoms with Crippen LogP contribution in [0.1, 0.15) is 37.1 Å². The molecule has 0 saturated carbocycles. The van der Waals surface area contributed by atoms with Crippen LogP contribution in [0.3, 0.4) is 0 Å².